The zero-order valence-corrected chi connectivity index (χ0v) is 11.1. The van der Waals surface area contributed by atoms with Gasteiger partial charge in [-0.3, -0.25) is 4.55 Å². The van der Waals surface area contributed by atoms with Crippen molar-refractivity contribution in [3.63, 3.8) is 0 Å². The summed E-state index contributed by atoms with van der Waals surface area (Å²) in [5.41, 5.74) is 0. The molecule has 1 N–H and O–H groups in total. The van der Waals surface area contributed by atoms with Gasteiger partial charge in [-0.15, -0.1) is 0 Å². The standard InChI is InChI=1S/C11H24O4S/c1-3-4-5-8-11(15-2)9-6-7-10-16(12,13)14/h11H,3-10H2,1-2H3,(H,12,13,14). The molecule has 0 aliphatic heterocycles. The van der Waals surface area contributed by atoms with E-state index in [-0.39, 0.29) is 11.9 Å². The molecule has 0 bridgehead atoms. The van der Waals surface area contributed by atoms with Crippen LogP contribution in [0, 0.1) is 0 Å². The van der Waals surface area contributed by atoms with E-state index in [2.05, 4.69) is 6.92 Å². The lowest BCUT2D eigenvalue weighted by atomic mass is 10.1. The molecule has 0 rings (SSSR count). The summed E-state index contributed by atoms with van der Waals surface area (Å²) in [6, 6.07) is 0. The Kier molecular flexibility index (Phi) is 8.89. The minimum absolute atomic E-state index is 0.140. The average Bonchev–Trinajstić information content (AvgIpc) is 2.20. The van der Waals surface area contributed by atoms with E-state index in [1.54, 1.807) is 7.11 Å². The maximum absolute atomic E-state index is 10.5. The first-order valence-electron chi connectivity index (χ1n) is 5.97. The quantitative estimate of drug-likeness (QED) is 0.479. The van der Waals surface area contributed by atoms with Crippen molar-refractivity contribution in [1.82, 2.24) is 0 Å². The molecule has 5 heteroatoms. The Labute approximate surface area is 99.1 Å². The van der Waals surface area contributed by atoms with Crippen LogP contribution in [0.5, 0.6) is 0 Å². The Balaban J connectivity index is 3.55. The molecule has 0 aromatic heterocycles. The number of unbranched alkanes of at least 4 members (excludes halogenated alkanes) is 3. The number of methoxy groups -OCH3 is 1. The predicted molar refractivity (Wildman–Crippen MR) is 65.2 cm³/mol. The summed E-state index contributed by atoms with van der Waals surface area (Å²) < 4.78 is 34.8. The van der Waals surface area contributed by atoms with Gasteiger partial charge in [0.1, 0.15) is 0 Å². The number of rotatable bonds is 10. The average molecular weight is 252 g/mol. The van der Waals surface area contributed by atoms with Crippen molar-refractivity contribution in [1.29, 1.82) is 0 Å². The third-order valence-corrected chi connectivity index (χ3v) is 3.45. The van der Waals surface area contributed by atoms with Gasteiger partial charge in [-0.1, -0.05) is 26.2 Å². The van der Waals surface area contributed by atoms with Gasteiger partial charge in [0.15, 0.2) is 0 Å². The molecule has 0 radical (unpaired) electrons. The van der Waals surface area contributed by atoms with E-state index >= 15 is 0 Å². The highest BCUT2D eigenvalue weighted by molar-refractivity contribution is 7.85. The van der Waals surface area contributed by atoms with Crippen LogP contribution in [0.25, 0.3) is 0 Å². The van der Waals surface area contributed by atoms with Gasteiger partial charge in [-0.25, -0.2) is 0 Å². The summed E-state index contributed by atoms with van der Waals surface area (Å²) in [6.45, 7) is 2.16. The van der Waals surface area contributed by atoms with Gasteiger partial charge in [0, 0.05) is 7.11 Å². The molecule has 1 atom stereocenters. The highest BCUT2D eigenvalue weighted by atomic mass is 32.2. The third-order valence-electron chi connectivity index (χ3n) is 2.64. The monoisotopic (exact) mass is 252 g/mol. The van der Waals surface area contributed by atoms with Crippen molar-refractivity contribution < 1.29 is 17.7 Å². The van der Waals surface area contributed by atoms with Crippen LogP contribution in [-0.4, -0.2) is 31.9 Å². The smallest absolute Gasteiger partial charge is 0.264 e. The number of ether oxygens (including phenoxy) is 1. The van der Waals surface area contributed by atoms with E-state index in [1.807, 2.05) is 0 Å². The highest BCUT2D eigenvalue weighted by Gasteiger charge is 2.08. The summed E-state index contributed by atoms with van der Waals surface area (Å²) in [7, 11) is -2.10. The summed E-state index contributed by atoms with van der Waals surface area (Å²) >= 11 is 0. The van der Waals surface area contributed by atoms with Crippen molar-refractivity contribution in [3.05, 3.63) is 0 Å². The van der Waals surface area contributed by atoms with Crippen molar-refractivity contribution >= 4 is 10.1 Å². The third kappa shape index (κ3) is 10.4. The molecule has 0 aliphatic rings. The van der Waals surface area contributed by atoms with Crippen LogP contribution in [0.4, 0.5) is 0 Å². The maximum Gasteiger partial charge on any atom is 0.264 e. The summed E-state index contributed by atoms with van der Waals surface area (Å²) in [6.07, 6.45) is 6.99. The molecule has 0 amide bonds. The van der Waals surface area contributed by atoms with E-state index in [4.69, 9.17) is 9.29 Å². The molecule has 0 aromatic carbocycles. The molecule has 0 fully saturated rings. The predicted octanol–water partition coefficient (Wildman–Crippen LogP) is 2.64. The van der Waals surface area contributed by atoms with Gasteiger partial charge in [0.25, 0.3) is 10.1 Å². The molecule has 0 spiro atoms. The fraction of sp³-hybridized carbons (Fsp3) is 1.00. The second kappa shape index (κ2) is 8.96. The number of hydrogen-bond acceptors (Lipinski definition) is 3. The van der Waals surface area contributed by atoms with Crippen molar-refractivity contribution in [2.24, 2.45) is 0 Å². The second-order valence-electron chi connectivity index (χ2n) is 4.14. The van der Waals surface area contributed by atoms with Crippen molar-refractivity contribution in [2.75, 3.05) is 12.9 Å². The molecule has 4 nitrogen and oxygen atoms in total. The van der Waals surface area contributed by atoms with Crippen LogP contribution in [0.15, 0.2) is 0 Å². The fourth-order valence-electron chi connectivity index (χ4n) is 1.66. The second-order valence-corrected chi connectivity index (χ2v) is 5.71. The van der Waals surface area contributed by atoms with Crippen LogP contribution in [0.1, 0.15) is 51.9 Å². The Morgan fingerprint density at radius 2 is 1.69 bits per heavy atom. The van der Waals surface area contributed by atoms with Crippen LogP contribution < -0.4 is 0 Å². The largest absolute Gasteiger partial charge is 0.381 e. The Hall–Kier alpha value is -0.130. The molecule has 0 aliphatic carbocycles. The highest BCUT2D eigenvalue weighted by Crippen LogP contribution is 2.12. The molecule has 0 saturated heterocycles. The Bertz CT molecular complexity index is 249. The minimum Gasteiger partial charge on any atom is -0.381 e. The van der Waals surface area contributed by atoms with Crippen LogP contribution in [-0.2, 0) is 14.9 Å². The fourth-order valence-corrected chi connectivity index (χ4v) is 2.23. The molecule has 98 valence electrons. The summed E-state index contributed by atoms with van der Waals surface area (Å²) in [5.74, 6) is -0.140. The van der Waals surface area contributed by atoms with Gasteiger partial charge in [0.2, 0.25) is 0 Å². The van der Waals surface area contributed by atoms with E-state index in [1.165, 1.54) is 12.8 Å². The zero-order valence-electron chi connectivity index (χ0n) is 10.3. The van der Waals surface area contributed by atoms with Gasteiger partial charge < -0.3 is 4.74 Å². The molecule has 1 unspecified atom stereocenters. The normalized spacial score (nSPS) is 13.9. The van der Waals surface area contributed by atoms with E-state index in [0.717, 1.165) is 25.7 Å². The lowest BCUT2D eigenvalue weighted by molar-refractivity contribution is 0.0838. The molecule has 16 heavy (non-hydrogen) atoms. The Morgan fingerprint density at radius 1 is 1.12 bits per heavy atom. The first-order chi connectivity index (χ1) is 7.49. The number of hydrogen-bond donors (Lipinski definition) is 1. The first-order valence-corrected chi connectivity index (χ1v) is 7.58. The van der Waals surface area contributed by atoms with Crippen molar-refractivity contribution in [2.45, 2.75) is 58.0 Å². The van der Waals surface area contributed by atoms with Gasteiger partial charge in [-0.2, -0.15) is 8.42 Å². The molecular weight excluding hydrogens is 228 g/mol. The van der Waals surface area contributed by atoms with Crippen LogP contribution in [0.2, 0.25) is 0 Å². The summed E-state index contributed by atoms with van der Waals surface area (Å²) in [5, 5.41) is 0. The van der Waals surface area contributed by atoms with E-state index in [0.29, 0.717) is 6.42 Å². The molecule has 0 aromatic rings. The maximum atomic E-state index is 10.5. The first kappa shape index (κ1) is 15.9. The molecular formula is C11H24O4S. The Morgan fingerprint density at radius 3 is 2.12 bits per heavy atom. The minimum atomic E-state index is -3.79. The van der Waals surface area contributed by atoms with E-state index in [9.17, 15) is 8.42 Å². The van der Waals surface area contributed by atoms with Gasteiger partial charge in [0.05, 0.1) is 11.9 Å². The van der Waals surface area contributed by atoms with Gasteiger partial charge >= 0.3 is 0 Å². The lowest BCUT2D eigenvalue weighted by Gasteiger charge is -2.14. The van der Waals surface area contributed by atoms with Crippen LogP contribution >= 0.6 is 0 Å². The van der Waals surface area contributed by atoms with Gasteiger partial charge in [-0.05, 0) is 25.7 Å². The van der Waals surface area contributed by atoms with Crippen molar-refractivity contribution in [3.8, 4) is 0 Å². The van der Waals surface area contributed by atoms with Crippen LogP contribution in [0.3, 0.4) is 0 Å². The SMILES string of the molecule is CCCCCC(CCCCS(=O)(=O)O)OC. The van der Waals surface area contributed by atoms with E-state index < -0.39 is 10.1 Å². The zero-order chi connectivity index (χ0) is 12.4. The molecule has 0 saturated carbocycles. The summed E-state index contributed by atoms with van der Waals surface area (Å²) in [4.78, 5) is 0. The topological polar surface area (TPSA) is 63.6 Å². The lowest BCUT2D eigenvalue weighted by Crippen LogP contribution is -2.11. The molecule has 0 heterocycles.